The molecule has 1 heterocycles. The number of rotatable bonds is 11. The van der Waals surface area contributed by atoms with Crippen molar-refractivity contribution < 1.29 is 4.92 Å². The summed E-state index contributed by atoms with van der Waals surface area (Å²) in [6.45, 7) is 2.25. The van der Waals surface area contributed by atoms with E-state index in [1.165, 1.54) is 57.4 Å². The molecule has 0 fully saturated rings. The SMILES string of the molecule is CCCCCCCCCCCc1nc2ccc([N+](=O)[O-])cc2s1. The Morgan fingerprint density at radius 2 is 1.70 bits per heavy atom. The number of aryl methyl sites for hydroxylation is 1. The van der Waals surface area contributed by atoms with E-state index in [2.05, 4.69) is 11.9 Å². The standard InChI is InChI=1S/C18H26N2O2S/c1-2-3-4-5-6-7-8-9-10-11-18-19-16-13-12-15(20(21)22)14-17(16)23-18/h12-14H,2-11H2,1H3. The monoisotopic (exact) mass is 334 g/mol. The van der Waals surface area contributed by atoms with E-state index in [0.29, 0.717) is 0 Å². The van der Waals surface area contributed by atoms with Gasteiger partial charge in [-0.2, -0.15) is 0 Å². The minimum atomic E-state index is -0.348. The molecule has 0 saturated carbocycles. The van der Waals surface area contributed by atoms with Gasteiger partial charge >= 0.3 is 0 Å². The van der Waals surface area contributed by atoms with E-state index in [0.717, 1.165) is 28.1 Å². The van der Waals surface area contributed by atoms with Gasteiger partial charge in [0.25, 0.3) is 5.69 Å². The second-order valence-corrected chi connectivity index (χ2v) is 7.21. The van der Waals surface area contributed by atoms with Crippen molar-refractivity contribution in [2.75, 3.05) is 0 Å². The number of nitrogens with zero attached hydrogens (tertiary/aromatic N) is 2. The zero-order chi connectivity index (χ0) is 16.5. The summed E-state index contributed by atoms with van der Waals surface area (Å²) in [6.07, 6.45) is 12.9. The molecule has 0 N–H and O–H groups in total. The number of non-ortho nitro benzene ring substituents is 1. The molecule has 0 radical (unpaired) electrons. The minimum absolute atomic E-state index is 0.149. The van der Waals surface area contributed by atoms with E-state index in [1.807, 2.05) is 0 Å². The summed E-state index contributed by atoms with van der Waals surface area (Å²) in [4.78, 5) is 15.0. The van der Waals surface area contributed by atoms with E-state index in [9.17, 15) is 10.1 Å². The maximum atomic E-state index is 10.8. The van der Waals surface area contributed by atoms with E-state index < -0.39 is 0 Å². The lowest BCUT2D eigenvalue weighted by Crippen LogP contribution is -1.86. The van der Waals surface area contributed by atoms with Gasteiger partial charge in [0, 0.05) is 12.1 Å². The van der Waals surface area contributed by atoms with Gasteiger partial charge < -0.3 is 0 Å². The molecule has 0 aliphatic heterocycles. The maximum Gasteiger partial charge on any atom is 0.270 e. The van der Waals surface area contributed by atoms with Crippen molar-refractivity contribution in [3.05, 3.63) is 33.3 Å². The van der Waals surface area contributed by atoms with Crippen molar-refractivity contribution >= 4 is 27.2 Å². The van der Waals surface area contributed by atoms with Gasteiger partial charge in [0.15, 0.2) is 0 Å². The van der Waals surface area contributed by atoms with Crippen LogP contribution >= 0.6 is 11.3 Å². The van der Waals surface area contributed by atoms with Crippen LogP contribution in [-0.2, 0) is 6.42 Å². The summed E-state index contributed by atoms with van der Waals surface area (Å²) < 4.78 is 0.921. The second kappa shape index (κ2) is 9.60. The zero-order valence-electron chi connectivity index (χ0n) is 13.9. The number of thiazole rings is 1. The van der Waals surface area contributed by atoms with Crippen molar-refractivity contribution in [1.29, 1.82) is 0 Å². The number of hydrogen-bond acceptors (Lipinski definition) is 4. The molecule has 23 heavy (non-hydrogen) atoms. The van der Waals surface area contributed by atoms with Gasteiger partial charge in [0.2, 0.25) is 0 Å². The highest BCUT2D eigenvalue weighted by Crippen LogP contribution is 2.27. The average Bonchev–Trinajstić information content (AvgIpc) is 2.95. The average molecular weight is 334 g/mol. The molecule has 2 aromatic rings. The first-order valence-corrected chi connectivity index (χ1v) is 9.56. The van der Waals surface area contributed by atoms with Crippen LogP contribution in [0.15, 0.2) is 18.2 Å². The van der Waals surface area contributed by atoms with Crippen LogP contribution in [0.1, 0.15) is 69.7 Å². The number of benzene rings is 1. The number of nitro groups is 1. The van der Waals surface area contributed by atoms with Crippen LogP contribution in [0.2, 0.25) is 0 Å². The van der Waals surface area contributed by atoms with Crippen molar-refractivity contribution in [2.45, 2.75) is 71.1 Å². The van der Waals surface area contributed by atoms with E-state index >= 15 is 0 Å². The molecule has 2 rings (SSSR count). The molecule has 0 aliphatic carbocycles. The third-order valence-electron chi connectivity index (χ3n) is 4.12. The van der Waals surface area contributed by atoms with Crippen molar-refractivity contribution in [1.82, 2.24) is 4.98 Å². The van der Waals surface area contributed by atoms with Gasteiger partial charge in [-0.3, -0.25) is 10.1 Å². The minimum Gasteiger partial charge on any atom is -0.258 e. The maximum absolute atomic E-state index is 10.8. The molecule has 4 nitrogen and oxygen atoms in total. The van der Waals surface area contributed by atoms with E-state index in [1.54, 1.807) is 23.5 Å². The Morgan fingerprint density at radius 3 is 2.35 bits per heavy atom. The molecule has 0 aliphatic rings. The highest BCUT2D eigenvalue weighted by atomic mass is 32.1. The molecule has 1 aromatic carbocycles. The molecule has 5 heteroatoms. The Hall–Kier alpha value is -1.49. The Bertz CT molecular complexity index is 625. The van der Waals surface area contributed by atoms with E-state index in [4.69, 9.17) is 0 Å². The first-order valence-electron chi connectivity index (χ1n) is 8.74. The van der Waals surface area contributed by atoms with Gasteiger partial charge in [0.1, 0.15) is 0 Å². The fraction of sp³-hybridized carbons (Fsp3) is 0.611. The van der Waals surface area contributed by atoms with Crippen LogP contribution in [0.4, 0.5) is 5.69 Å². The predicted molar refractivity (Wildman–Crippen MR) is 97.2 cm³/mol. The van der Waals surface area contributed by atoms with Gasteiger partial charge in [-0.1, -0.05) is 58.3 Å². The number of nitro benzene ring substituents is 1. The van der Waals surface area contributed by atoms with Gasteiger partial charge in [-0.05, 0) is 18.9 Å². The smallest absolute Gasteiger partial charge is 0.258 e. The van der Waals surface area contributed by atoms with Crippen molar-refractivity contribution in [3.8, 4) is 0 Å². The number of hydrogen-bond donors (Lipinski definition) is 0. The molecule has 0 bridgehead atoms. The summed E-state index contributed by atoms with van der Waals surface area (Å²) in [7, 11) is 0. The lowest BCUT2D eigenvalue weighted by atomic mass is 10.1. The molecular formula is C18H26N2O2S. The molecule has 0 atom stereocenters. The quantitative estimate of drug-likeness (QED) is 0.276. The van der Waals surface area contributed by atoms with Crippen LogP contribution in [0.5, 0.6) is 0 Å². The molecule has 126 valence electrons. The zero-order valence-corrected chi connectivity index (χ0v) is 14.7. The largest absolute Gasteiger partial charge is 0.270 e. The van der Waals surface area contributed by atoms with Crippen LogP contribution in [0, 0.1) is 10.1 Å². The summed E-state index contributed by atoms with van der Waals surface area (Å²) in [5.74, 6) is 0. The third-order valence-corrected chi connectivity index (χ3v) is 5.20. The molecule has 0 amide bonds. The van der Waals surface area contributed by atoms with Gasteiger partial charge in [-0.15, -0.1) is 11.3 Å². The molecule has 0 saturated heterocycles. The summed E-state index contributed by atoms with van der Waals surface area (Å²) >= 11 is 1.59. The first kappa shape index (κ1) is 17.9. The third kappa shape index (κ3) is 5.90. The van der Waals surface area contributed by atoms with Crippen molar-refractivity contribution in [2.24, 2.45) is 0 Å². The first-order chi connectivity index (χ1) is 11.2. The van der Waals surface area contributed by atoms with Gasteiger partial charge in [0.05, 0.1) is 20.1 Å². The molecular weight excluding hydrogens is 308 g/mol. The fourth-order valence-corrected chi connectivity index (χ4v) is 3.81. The van der Waals surface area contributed by atoms with Crippen LogP contribution in [-0.4, -0.2) is 9.91 Å². The predicted octanol–water partition coefficient (Wildman–Crippen LogP) is 6.28. The summed E-state index contributed by atoms with van der Waals surface area (Å²) in [5, 5.41) is 11.9. The Morgan fingerprint density at radius 1 is 1.04 bits per heavy atom. The topological polar surface area (TPSA) is 56.0 Å². The van der Waals surface area contributed by atoms with E-state index in [-0.39, 0.29) is 10.6 Å². The molecule has 1 aromatic heterocycles. The Kier molecular flexibility index (Phi) is 7.46. The summed E-state index contributed by atoms with van der Waals surface area (Å²) in [6, 6.07) is 4.92. The number of unbranched alkanes of at least 4 members (excludes halogenated alkanes) is 8. The molecule has 0 unspecified atom stereocenters. The lowest BCUT2D eigenvalue weighted by Gasteiger charge is -2.01. The Labute approximate surface area is 142 Å². The van der Waals surface area contributed by atoms with Crippen molar-refractivity contribution in [3.63, 3.8) is 0 Å². The van der Waals surface area contributed by atoms with Crippen LogP contribution in [0.3, 0.4) is 0 Å². The molecule has 0 spiro atoms. The van der Waals surface area contributed by atoms with Crippen LogP contribution < -0.4 is 0 Å². The lowest BCUT2D eigenvalue weighted by molar-refractivity contribution is -0.384. The number of fused-ring (bicyclic) bond motifs is 1. The Balaban J connectivity index is 1.68. The normalized spacial score (nSPS) is 11.2. The van der Waals surface area contributed by atoms with Gasteiger partial charge in [-0.25, -0.2) is 4.98 Å². The summed E-state index contributed by atoms with van der Waals surface area (Å²) in [5.41, 5.74) is 1.03. The highest BCUT2D eigenvalue weighted by Gasteiger charge is 2.10. The second-order valence-electron chi connectivity index (χ2n) is 6.10. The number of aromatic nitrogens is 1. The van der Waals surface area contributed by atoms with Crippen LogP contribution in [0.25, 0.3) is 10.2 Å². The highest BCUT2D eigenvalue weighted by molar-refractivity contribution is 7.18. The fourth-order valence-electron chi connectivity index (χ4n) is 2.77.